The SMILES string of the molecule is CCOc1cc2oc(C)c(Oc3ccccc3)c(=O)c2cc1CC. The Hall–Kier alpha value is -2.75. The molecule has 0 bridgehead atoms. The van der Waals surface area contributed by atoms with E-state index in [-0.39, 0.29) is 11.2 Å². The second-order valence-electron chi connectivity index (χ2n) is 5.47. The molecule has 0 unspecified atom stereocenters. The lowest BCUT2D eigenvalue weighted by Gasteiger charge is -2.12. The summed E-state index contributed by atoms with van der Waals surface area (Å²) in [5.74, 6) is 2.03. The monoisotopic (exact) mass is 324 g/mol. The Bertz CT molecular complexity index is 910. The molecule has 0 spiro atoms. The molecule has 0 aliphatic carbocycles. The molecule has 0 atom stereocenters. The average Bonchev–Trinajstić information content (AvgIpc) is 2.59. The van der Waals surface area contributed by atoms with Gasteiger partial charge in [-0.1, -0.05) is 25.1 Å². The van der Waals surface area contributed by atoms with Gasteiger partial charge in [-0.2, -0.15) is 0 Å². The Balaban J connectivity index is 2.15. The number of benzene rings is 2. The first kappa shape index (κ1) is 16.1. The maximum atomic E-state index is 12.9. The zero-order valence-electron chi connectivity index (χ0n) is 14.1. The molecule has 0 saturated heterocycles. The summed E-state index contributed by atoms with van der Waals surface area (Å²) in [5, 5.41) is 0.506. The first-order valence-electron chi connectivity index (χ1n) is 8.10. The summed E-state index contributed by atoms with van der Waals surface area (Å²) in [6, 6.07) is 12.8. The van der Waals surface area contributed by atoms with Gasteiger partial charge in [0.05, 0.1) is 12.0 Å². The molecule has 0 amide bonds. The van der Waals surface area contributed by atoms with Crippen molar-refractivity contribution in [2.75, 3.05) is 6.61 Å². The minimum Gasteiger partial charge on any atom is -0.493 e. The van der Waals surface area contributed by atoms with E-state index in [0.29, 0.717) is 29.1 Å². The lowest BCUT2D eigenvalue weighted by molar-refractivity contribution is 0.336. The molecule has 0 fully saturated rings. The molecule has 124 valence electrons. The summed E-state index contributed by atoms with van der Waals surface area (Å²) in [5.41, 5.74) is 1.32. The molecule has 24 heavy (non-hydrogen) atoms. The van der Waals surface area contributed by atoms with Gasteiger partial charge in [0.1, 0.15) is 22.8 Å². The van der Waals surface area contributed by atoms with Gasteiger partial charge >= 0.3 is 0 Å². The quantitative estimate of drug-likeness (QED) is 0.673. The fourth-order valence-electron chi connectivity index (χ4n) is 2.65. The lowest BCUT2D eigenvalue weighted by atomic mass is 10.1. The van der Waals surface area contributed by atoms with E-state index >= 15 is 0 Å². The normalized spacial score (nSPS) is 10.8. The van der Waals surface area contributed by atoms with Crippen LogP contribution in [0, 0.1) is 6.92 Å². The molecule has 3 rings (SSSR count). The van der Waals surface area contributed by atoms with Gasteiger partial charge < -0.3 is 13.9 Å². The van der Waals surface area contributed by atoms with Crippen LogP contribution < -0.4 is 14.9 Å². The van der Waals surface area contributed by atoms with Crippen molar-refractivity contribution in [2.45, 2.75) is 27.2 Å². The zero-order chi connectivity index (χ0) is 17.1. The number of rotatable bonds is 5. The van der Waals surface area contributed by atoms with Crippen molar-refractivity contribution < 1.29 is 13.9 Å². The Labute approximate surface area is 140 Å². The van der Waals surface area contributed by atoms with Crippen molar-refractivity contribution >= 4 is 11.0 Å². The van der Waals surface area contributed by atoms with Crippen LogP contribution in [0.25, 0.3) is 11.0 Å². The van der Waals surface area contributed by atoms with Gasteiger partial charge in [0.2, 0.25) is 11.2 Å². The van der Waals surface area contributed by atoms with E-state index in [4.69, 9.17) is 13.9 Å². The smallest absolute Gasteiger partial charge is 0.235 e. The van der Waals surface area contributed by atoms with Gasteiger partial charge in [0.15, 0.2) is 0 Å². The van der Waals surface area contributed by atoms with Crippen LogP contribution in [0.1, 0.15) is 25.2 Å². The van der Waals surface area contributed by atoms with E-state index in [1.165, 1.54) is 0 Å². The third kappa shape index (κ3) is 3.00. The van der Waals surface area contributed by atoms with Gasteiger partial charge in [-0.3, -0.25) is 4.79 Å². The summed E-state index contributed by atoms with van der Waals surface area (Å²) in [6.45, 7) is 6.26. The Morgan fingerprint density at radius 1 is 1.08 bits per heavy atom. The van der Waals surface area contributed by atoms with E-state index in [9.17, 15) is 4.79 Å². The second-order valence-corrected chi connectivity index (χ2v) is 5.47. The highest BCUT2D eigenvalue weighted by molar-refractivity contribution is 5.81. The van der Waals surface area contributed by atoms with E-state index in [1.807, 2.05) is 38.1 Å². The molecular weight excluding hydrogens is 304 g/mol. The zero-order valence-corrected chi connectivity index (χ0v) is 14.1. The molecule has 2 aromatic carbocycles. The lowest BCUT2D eigenvalue weighted by Crippen LogP contribution is -2.08. The maximum Gasteiger partial charge on any atom is 0.235 e. The van der Waals surface area contributed by atoms with Crippen LogP contribution in [-0.4, -0.2) is 6.61 Å². The van der Waals surface area contributed by atoms with Crippen molar-refractivity contribution in [1.82, 2.24) is 0 Å². The average molecular weight is 324 g/mol. The number of hydrogen-bond donors (Lipinski definition) is 0. The molecule has 1 heterocycles. The number of aryl methyl sites for hydroxylation is 2. The van der Waals surface area contributed by atoms with E-state index in [2.05, 4.69) is 0 Å². The summed E-state index contributed by atoms with van der Waals surface area (Å²) in [7, 11) is 0. The highest BCUT2D eigenvalue weighted by Gasteiger charge is 2.16. The number of hydrogen-bond acceptors (Lipinski definition) is 4. The topological polar surface area (TPSA) is 48.7 Å². The standard InChI is InChI=1S/C20H20O4/c1-4-14-11-16-18(12-17(14)22-5-2)23-13(3)20(19(16)21)24-15-9-7-6-8-10-15/h6-12H,4-5H2,1-3H3. The van der Waals surface area contributed by atoms with E-state index in [1.54, 1.807) is 25.1 Å². The van der Waals surface area contributed by atoms with Gasteiger partial charge in [-0.25, -0.2) is 0 Å². The van der Waals surface area contributed by atoms with Gasteiger partial charge in [-0.05, 0) is 44.0 Å². The van der Waals surface area contributed by atoms with Crippen LogP contribution >= 0.6 is 0 Å². The molecule has 0 saturated carbocycles. The minimum atomic E-state index is -0.171. The van der Waals surface area contributed by atoms with Crippen LogP contribution in [0.5, 0.6) is 17.2 Å². The van der Waals surface area contributed by atoms with Gasteiger partial charge in [0, 0.05) is 6.07 Å². The van der Waals surface area contributed by atoms with Gasteiger partial charge in [-0.15, -0.1) is 0 Å². The largest absolute Gasteiger partial charge is 0.493 e. The number of fused-ring (bicyclic) bond motifs is 1. The van der Waals surface area contributed by atoms with E-state index in [0.717, 1.165) is 17.7 Å². The van der Waals surface area contributed by atoms with E-state index < -0.39 is 0 Å². The van der Waals surface area contributed by atoms with Gasteiger partial charge in [0.25, 0.3) is 0 Å². The Morgan fingerprint density at radius 2 is 1.83 bits per heavy atom. The van der Waals surface area contributed by atoms with Crippen molar-refractivity contribution in [1.29, 1.82) is 0 Å². The van der Waals surface area contributed by atoms with Crippen LogP contribution in [0.4, 0.5) is 0 Å². The van der Waals surface area contributed by atoms with Crippen LogP contribution in [0.2, 0.25) is 0 Å². The predicted molar refractivity (Wildman–Crippen MR) is 94.3 cm³/mol. The van der Waals surface area contributed by atoms with Crippen LogP contribution in [-0.2, 0) is 6.42 Å². The highest BCUT2D eigenvalue weighted by atomic mass is 16.5. The predicted octanol–water partition coefficient (Wildman–Crippen LogP) is 4.85. The second kappa shape index (κ2) is 6.79. The fraction of sp³-hybridized carbons (Fsp3) is 0.250. The molecule has 4 nitrogen and oxygen atoms in total. The molecular formula is C20H20O4. The molecule has 0 aliphatic heterocycles. The molecule has 0 radical (unpaired) electrons. The van der Waals surface area contributed by atoms with Crippen molar-refractivity contribution in [3.05, 3.63) is 64.0 Å². The van der Waals surface area contributed by atoms with Crippen molar-refractivity contribution in [3.63, 3.8) is 0 Å². The van der Waals surface area contributed by atoms with Crippen LogP contribution in [0.15, 0.2) is 51.7 Å². The summed E-state index contributed by atoms with van der Waals surface area (Å²) < 4.78 is 17.2. The fourth-order valence-corrected chi connectivity index (χ4v) is 2.65. The number of para-hydroxylation sites is 1. The Morgan fingerprint density at radius 3 is 2.50 bits per heavy atom. The summed E-state index contributed by atoms with van der Waals surface area (Å²) >= 11 is 0. The Kier molecular flexibility index (Phi) is 4.56. The molecule has 0 aliphatic rings. The number of ether oxygens (including phenoxy) is 2. The minimum absolute atomic E-state index is 0.171. The summed E-state index contributed by atoms with van der Waals surface area (Å²) in [4.78, 5) is 12.9. The van der Waals surface area contributed by atoms with Crippen molar-refractivity contribution in [2.24, 2.45) is 0 Å². The molecule has 3 aromatic rings. The molecule has 1 aromatic heterocycles. The molecule has 0 N–H and O–H groups in total. The first-order chi connectivity index (χ1) is 11.6. The summed E-state index contributed by atoms with van der Waals surface area (Å²) in [6.07, 6.45) is 0.771. The van der Waals surface area contributed by atoms with Crippen molar-refractivity contribution in [3.8, 4) is 17.2 Å². The third-order valence-corrected chi connectivity index (χ3v) is 3.84. The molecule has 4 heteroatoms. The van der Waals surface area contributed by atoms with Crippen LogP contribution in [0.3, 0.4) is 0 Å². The third-order valence-electron chi connectivity index (χ3n) is 3.84. The highest BCUT2D eigenvalue weighted by Crippen LogP contribution is 2.30. The maximum absolute atomic E-state index is 12.9. The first-order valence-corrected chi connectivity index (χ1v) is 8.10.